The Morgan fingerprint density at radius 3 is 2.61 bits per heavy atom. The lowest BCUT2D eigenvalue weighted by atomic mass is 9.46. The molecule has 0 amide bonds. The number of hydrogen-bond acceptors (Lipinski definition) is 2. The van der Waals surface area contributed by atoms with Crippen LogP contribution in [0.3, 0.4) is 0 Å². The van der Waals surface area contributed by atoms with Gasteiger partial charge in [0.2, 0.25) is 0 Å². The minimum atomic E-state index is -0.483. The smallest absolute Gasteiger partial charge is 0.0657 e. The largest absolute Gasteiger partial charge is 0.393 e. The van der Waals surface area contributed by atoms with Gasteiger partial charge < -0.3 is 10.2 Å². The lowest BCUT2D eigenvalue weighted by Gasteiger charge is -2.59. The van der Waals surface area contributed by atoms with E-state index >= 15 is 0 Å². The molecule has 2 heteroatoms. The maximum absolute atomic E-state index is 10.6. The molecule has 0 spiro atoms. The highest BCUT2D eigenvalue weighted by Crippen LogP contribution is 2.67. The molecule has 2 nitrogen and oxygen atoms in total. The van der Waals surface area contributed by atoms with Crippen molar-refractivity contribution in [2.45, 2.75) is 116 Å². The molecule has 4 aliphatic carbocycles. The molecular formula is C26H44O2. The van der Waals surface area contributed by atoms with Gasteiger partial charge in [-0.1, -0.05) is 38.8 Å². The third-order valence-electron chi connectivity index (χ3n) is 10.1. The van der Waals surface area contributed by atoms with Crippen molar-refractivity contribution in [1.29, 1.82) is 0 Å². The molecule has 0 aromatic rings. The Bertz CT molecular complexity index is 608. The molecule has 3 saturated carbocycles. The Kier molecular flexibility index (Phi) is 5.54. The zero-order valence-electron chi connectivity index (χ0n) is 18.8. The summed E-state index contributed by atoms with van der Waals surface area (Å²) in [7, 11) is 0. The molecular weight excluding hydrogens is 344 g/mol. The maximum Gasteiger partial charge on any atom is 0.0657 e. The maximum atomic E-state index is 10.6. The molecule has 8 atom stereocenters. The van der Waals surface area contributed by atoms with Gasteiger partial charge in [0.15, 0.2) is 0 Å². The second kappa shape index (κ2) is 7.41. The van der Waals surface area contributed by atoms with E-state index in [9.17, 15) is 10.2 Å². The number of allylic oxidation sites excluding steroid dienone is 1. The predicted molar refractivity (Wildman–Crippen MR) is 116 cm³/mol. The fraction of sp³-hybridized carbons (Fsp3) is 0.923. The highest BCUT2D eigenvalue weighted by atomic mass is 16.3. The molecule has 28 heavy (non-hydrogen) atoms. The Balaban J connectivity index is 1.48. The summed E-state index contributed by atoms with van der Waals surface area (Å²) in [4.78, 5) is 0. The van der Waals surface area contributed by atoms with Crippen molar-refractivity contribution in [3.8, 4) is 0 Å². The quantitative estimate of drug-likeness (QED) is 0.546. The Morgan fingerprint density at radius 2 is 1.86 bits per heavy atom. The van der Waals surface area contributed by atoms with Crippen molar-refractivity contribution < 1.29 is 10.2 Å². The van der Waals surface area contributed by atoms with Crippen LogP contribution in [-0.2, 0) is 0 Å². The van der Waals surface area contributed by atoms with E-state index in [1.807, 2.05) is 6.92 Å². The summed E-state index contributed by atoms with van der Waals surface area (Å²) in [5, 5.41) is 20.6. The van der Waals surface area contributed by atoms with Crippen LogP contribution in [-0.4, -0.2) is 21.9 Å². The fourth-order valence-corrected chi connectivity index (χ4v) is 8.19. The molecule has 0 saturated heterocycles. The summed E-state index contributed by atoms with van der Waals surface area (Å²) >= 11 is 0. The van der Waals surface area contributed by atoms with E-state index in [-0.39, 0.29) is 6.10 Å². The number of rotatable bonds is 5. The van der Waals surface area contributed by atoms with E-state index in [0.717, 1.165) is 49.4 Å². The molecule has 6 unspecified atom stereocenters. The minimum absolute atomic E-state index is 0.0916. The van der Waals surface area contributed by atoms with Gasteiger partial charge in [0.05, 0.1) is 11.7 Å². The monoisotopic (exact) mass is 388 g/mol. The van der Waals surface area contributed by atoms with Crippen LogP contribution in [0.4, 0.5) is 0 Å². The first-order chi connectivity index (χ1) is 13.2. The average Bonchev–Trinajstić information content (AvgIpc) is 2.98. The second-order valence-electron chi connectivity index (χ2n) is 11.7. The molecule has 160 valence electrons. The first kappa shape index (κ1) is 20.9. The molecule has 0 aromatic heterocycles. The molecule has 2 N–H and O–H groups in total. The first-order valence-corrected chi connectivity index (χ1v) is 12.3. The van der Waals surface area contributed by atoms with Gasteiger partial charge in [-0.3, -0.25) is 0 Å². The zero-order valence-corrected chi connectivity index (χ0v) is 18.8. The Hall–Kier alpha value is -0.340. The zero-order chi connectivity index (χ0) is 20.2. The van der Waals surface area contributed by atoms with Gasteiger partial charge in [0.25, 0.3) is 0 Å². The van der Waals surface area contributed by atoms with Gasteiger partial charge in [-0.05, 0) is 112 Å². The van der Waals surface area contributed by atoms with E-state index in [1.54, 1.807) is 5.57 Å². The standard InChI is InChI=1S/C26H44O2/c1-5-20(27)8-6-7-18-10-12-22-21-11-9-19-17-24(2,28)15-16-26(19,4)23(21)13-14-25(18,22)3/h9,18,20-23,27-28H,5-8,10-17H2,1-4H3/t18?,20-,21?,22?,23?,24-,25?,26?/m0/s1. The summed E-state index contributed by atoms with van der Waals surface area (Å²) in [5.74, 6) is 3.46. The van der Waals surface area contributed by atoms with Gasteiger partial charge in [0.1, 0.15) is 0 Å². The molecule has 0 bridgehead atoms. The average molecular weight is 389 g/mol. The normalized spacial score (nSPS) is 49.0. The van der Waals surface area contributed by atoms with Crippen LogP contribution < -0.4 is 0 Å². The first-order valence-electron chi connectivity index (χ1n) is 12.3. The fourth-order valence-electron chi connectivity index (χ4n) is 8.19. The third kappa shape index (κ3) is 3.41. The van der Waals surface area contributed by atoms with Crippen LogP contribution in [0.15, 0.2) is 11.6 Å². The summed E-state index contributed by atoms with van der Waals surface area (Å²) in [6.45, 7) is 9.28. The van der Waals surface area contributed by atoms with E-state index < -0.39 is 5.60 Å². The molecule has 0 aliphatic heterocycles. The van der Waals surface area contributed by atoms with Gasteiger partial charge in [-0.25, -0.2) is 0 Å². The van der Waals surface area contributed by atoms with Crippen LogP contribution in [0, 0.1) is 34.5 Å². The number of fused-ring (bicyclic) bond motifs is 5. The van der Waals surface area contributed by atoms with Gasteiger partial charge in [-0.15, -0.1) is 0 Å². The van der Waals surface area contributed by atoms with E-state index in [4.69, 9.17) is 0 Å². The van der Waals surface area contributed by atoms with Gasteiger partial charge in [-0.2, -0.15) is 0 Å². The molecule has 0 radical (unpaired) electrons. The van der Waals surface area contributed by atoms with E-state index in [1.165, 1.54) is 51.4 Å². The lowest BCUT2D eigenvalue weighted by Crippen LogP contribution is -2.51. The van der Waals surface area contributed by atoms with Crippen LogP contribution in [0.25, 0.3) is 0 Å². The second-order valence-corrected chi connectivity index (χ2v) is 11.7. The molecule has 0 aromatic carbocycles. The van der Waals surface area contributed by atoms with Crippen LogP contribution >= 0.6 is 0 Å². The highest BCUT2D eigenvalue weighted by Gasteiger charge is 2.58. The minimum Gasteiger partial charge on any atom is -0.393 e. The summed E-state index contributed by atoms with van der Waals surface area (Å²) in [5.41, 5.74) is 1.97. The predicted octanol–water partition coefficient (Wildman–Crippen LogP) is 6.26. The van der Waals surface area contributed by atoms with Gasteiger partial charge >= 0.3 is 0 Å². The van der Waals surface area contributed by atoms with Crippen LogP contribution in [0.2, 0.25) is 0 Å². The third-order valence-corrected chi connectivity index (χ3v) is 10.1. The molecule has 0 heterocycles. The number of aliphatic hydroxyl groups excluding tert-OH is 1. The molecule has 3 fully saturated rings. The van der Waals surface area contributed by atoms with Crippen molar-refractivity contribution >= 4 is 0 Å². The Labute approximate surface area is 173 Å². The van der Waals surface area contributed by atoms with Crippen molar-refractivity contribution in [1.82, 2.24) is 0 Å². The van der Waals surface area contributed by atoms with Crippen molar-refractivity contribution in [2.24, 2.45) is 34.5 Å². The summed E-state index contributed by atoms with van der Waals surface area (Å²) < 4.78 is 0. The van der Waals surface area contributed by atoms with Crippen LogP contribution in [0.1, 0.15) is 105 Å². The van der Waals surface area contributed by atoms with Crippen molar-refractivity contribution in [3.63, 3.8) is 0 Å². The number of aliphatic hydroxyl groups is 2. The number of hydrogen-bond donors (Lipinski definition) is 2. The van der Waals surface area contributed by atoms with Crippen LogP contribution in [0.5, 0.6) is 0 Å². The molecule has 4 rings (SSSR count). The van der Waals surface area contributed by atoms with E-state index in [2.05, 4.69) is 26.8 Å². The summed E-state index contributed by atoms with van der Waals surface area (Å²) in [6.07, 6.45) is 16.8. The van der Waals surface area contributed by atoms with Crippen molar-refractivity contribution in [2.75, 3.05) is 0 Å². The molecule has 4 aliphatic rings. The Morgan fingerprint density at radius 1 is 1.07 bits per heavy atom. The SMILES string of the molecule is CC[C@H](O)CCCC1CCC2C3CC=C4C[C@@](C)(O)CCC4(C)C3CCC12C. The summed E-state index contributed by atoms with van der Waals surface area (Å²) in [6, 6.07) is 0. The van der Waals surface area contributed by atoms with E-state index in [0.29, 0.717) is 10.8 Å². The van der Waals surface area contributed by atoms with Gasteiger partial charge in [0, 0.05) is 0 Å². The van der Waals surface area contributed by atoms with Crippen molar-refractivity contribution in [3.05, 3.63) is 11.6 Å². The highest BCUT2D eigenvalue weighted by molar-refractivity contribution is 5.26. The lowest BCUT2D eigenvalue weighted by molar-refractivity contribution is -0.0662. The topological polar surface area (TPSA) is 40.5 Å².